The molecule has 0 fully saturated rings. The highest BCUT2D eigenvalue weighted by molar-refractivity contribution is 5.74. The van der Waals surface area contributed by atoms with Crippen molar-refractivity contribution in [1.82, 2.24) is 0 Å². The van der Waals surface area contributed by atoms with Crippen molar-refractivity contribution in [3.8, 4) is 0 Å². The Bertz CT molecular complexity index is 363. The number of carboxylic acids is 1. The lowest BCUT2D eigenvalue weighted by atomic mass is 9.75. The minimum Gasteiger partial charge on any atom is -0.481 e. The fourth-order valence-electron chi connectivity index (χ4n) is 4.28. The van der Waals surface area contributed by atoms with E-state index in [1.807, 2.05) is 6.08 Å². The van der Waals surface area contributed by atoms with Gasteiger partial charge in [-0.15, -0.1) is 6.58 Å². The fraction of sp³-hybridized carbons (Fsp3) is 0.885. The van der Waals surface area contributed by atoms with Crippen molar-refractivity contribution in [2.45, 2.75) is 142 Å². The summed E-state index contributed by atoms with van der Waals surface area (Å²) in [5.74, 6) is -0.613. The summed E-state index contributed by atoms with van der Waals surface area (Å²) in [6.07, 6.45) is 26.1. The molecule has 0 amide bonds. The molecular weight excluding hydrogens is 344 g/mol. The summed E-state index contributed by atoms with van der Waals surface area (Å²) in [7, 11) is 0. The maximum Gasteiger partial charge on any atom is 0.309 e. The Labute approximate surface area is 176 Å². The SMILES string of the molecule is C=CCC(CCCCC)(CCCCCCCCCCCCCCCC)C(=O)O. The van der Waals surface area contributed by atoms with Crippen molar-refractivity contribution in [3.63, 3.8) is 0 Å². The van der Waals surface area contributed by atoms with Gasteiger partial charge in [-0.2, -0.15) is 0 Å². The predicted octanol–water partition coefficient (Wildman–Crippen LogP) is 9.09. The van der Waals surface area contributed by atoms with Crippen LogP contribution >= 0.6 is 0 Å². The number of carbonyl (C=O) groups is 1. The highest BCUT2D eigenvalue weighted by atomic mass is 16.4. The van der Waals surface area contributed by atoms with Crippen LogP contribution in [0.5, 0.6) is 0 Å². The first-order chi connectivity index (χ1) is 13.6. The number of aliphatic carboxylic acids is 1. The molecule has 0 aromatic rings. The van der Waals surface area contributed by atoms with E-state index in [0.29, 0.717) is 6.42 Å². The molecule has 166 valence electrons. The second kappa shape index (κ2) is 19.5. The molecule has 0 aliphatic carbocycles. The van der Waals surface area contributed by atoms with Crippen molar-refractivity contribution in [2.24, 2.45) is 5.41 Å². The molecule has 0 aromatic heterocycles. The highest BCUT2D eigenvalue weighted by Crippen LogP contribution is 2.36. The van der Waals surface area contributed by atoms with E-state index in [-0.39, 0.29) is 0 Å². The van der Waals surface area contributed by atoms with Gasteiger partial charge in [0, 0.05) is 0 Å². The molecule has 28 heavy (non-hydrogen) atoms. The van der Waals surface area contributed by atoms with Crippen LogP contribution in [0.25, 0.3) is 0 Å². The van der Waals surface area contributed by atoms with Gasteiger partial charge in [0.05, 0.1) is 5.41 Å². The average molecular weight is 395 g/mol. The molecule has 2 heteroatoms. The Morgan fingerprint density at radius 2 is 1.00 bits per heavy atom. The zero-order valence-electron chi connectivity index (χ0n) is 19.3. The summed E-state index contributed by atoms with van der Waals surface area (Å²) in [6.45, 7) is 8.26. The normalized spacial score (nSPS) is 13.4. The summed E-state index contributed by atoms with van der Waals surface area (Å²) in [5, 5.41) is 9.81. The van der Waals surface area contributed by atoms with Crippen molar-refractivity contribution >= 4 is 5.97 Å². The highest BCUT2D eigenvalue weighted by Gasteiger charge is 2.35. The average Bonchev–Trinajstić information content (AvgIpc) is 2.68. The molecule has 0 aromatic carbocycles. The third-order valence-electron chi connectivity index (χ3n) is 6.26. The van der Waals surface area contributed by atoms with Gasteiger partial charge in [-0.3, -0.25) is 4.79 Å². The molecule has 0 radical (unpaired) electrons. The summed E-state index contributed by atoms with van der Waals surface area (Å²) < 4.78 is 0. The summed E-state index contributed by atoms with van der Waals surface area (Å²) >= 11 is 0. The van der Waals surface area contributed by atoms with Gasteiger partial charge < -0.3 is 5.11 Å². The van der Waals surface area contributed by atoms with E-state index in [1.54, 1.807) is 0 Å². The van der Waals surface area contributed by atoms with Gasteiger partial charge in [0.15, 0.2) is 0 Å². The van der Waals surface area contributed by atoms with Gasteiger partial charge in [-0.05, 0) is 19.3 Å². The molecule has 0 saturated heterocycles. The zero-order chi connectivity index (χ0) is 20.9. The van der Waals surface area contributed by atoms with Gasteiger partial charge >= 0.3 is 5.97 Å². The second-order valence-electron chi connectivity index (χ2n) is 8.88. The Morgan fingerprint density at radius 1 is 0.679 bits per heavy atom. The first-order valence-corrected chi connectivity index (χ1v) is 12.5. The van der Waals surface area contributed by atoms with Crippen LogP contribution in [0.3, 0.4) is 0 Å². The van der Waals surface area contributed by atoms with E-state index < -0.39 is 11.4 Å². The lowest BCUT2D eigenvalue weighted by Gasteiger charge is -2.28. The predicted molar refractivity (Wildman–Crippen MR) is 124 cm³/mol. The monoisotopic (exact) mass is 394 g/mol. The number of allylic oxidation sites excluding steroid dienone is 1. The molecule has 0 rings (SSSR count). The molecule has 0 heterocycles. The number of hydrogen-bond acceptors (Lipinski definition) is 1. The molecule has 0 aliphatic rings. The molecule has 2 nitrogen and oxygen atoms in total. The molecule has 1 N–H and O–H groups in total. The minimum atomic E-state index is -0.613. The first-order valence-electron chi connectivity index (χ1n) is 12.5. The van der Waals surface area contributed by atoms with Crippen molar-refractivity contribution in [3.05, 3.63) is 12.7 Å². The smallest absolute Gasteiger partial charge is 0.309 e. The standard InChI is InChI=1S/C26H50O2/c1-4-7-9-10-11-12-13-14-15-16-17-18-19-21-24-26(22-6-3,25(27)28)23-20-8-5-2/h6H,3-5,7-24H2,1-2H3,(H,27,28). The number of carboxylic acid groups (broad SMARTS) is 1. The van der Waals surface area contributed by atoms with Gasteiger partial charge in [0.25, 0.3) is 0 Å². The van der Waals surface area contributed by atoms with Crippen LogP contribution in [0.2, 0.25) is 0 Å². The van der Waals surface area contributed by atoms with E-state index in [2.05, 4.69) is 20.4 Å². The molecular formula is C26H50O2. The maximum absolute atomic E-state index is 11.9. The molecule has 0 bridgehead atoms. The Kier molecular flexibility index (Phi) is 19.0. The molecule has 0 saturated carbocycles. The van der Waals surface area contributed by atoms with Gasteiger partial charge in [0.1, 0.15) is 0 Å². The molecule has 1 unspecified atom stereocenters. The van der Waals surface area contributed by atoms with Crippen molar-refractivity contribution < 1.29 is 9.90 Å². The Morgan fingerprint density at radius 3 is 1.36 bits per heavy atom. The van der Waals surface area contributed by atoms with Crippen LogP contribution in [-0.4, -0.2) is 11.1 Å². The van der Waals surface area contributed by atoms with Crippen LogP contribution in [0.15, 0.2) is 12.7 Å². The van der Waals surface area contributed by atoms with Crippen LogP contribution in [0.4, 0.5) is 0 Å². The van der Waals surface area contributed by atoms with Crippen molar-refractivity contribution in [1.29, 1.82) is 0 Å². The maximum atomic E-state index is 11.9. The third kappa shape index (κ3) is 14.2. The first kappa shape index (κ1) is 27.2. The zero-order valence-corrected chi connectivity index (χ0v) is 19.3. The van der Waals surface area contributed by atoms with Gasteiger partial charge in [-0.25, -0.2) is 0 Å². The Balaban J connectivity index is 3.73. The molecule has 1 atom stereocenters. The van der Waals surface area contributed by atoms with Crippen LogP contribution < -0.4 is 0 Å². The largest absolute Gasteiger partial charge is 0.481 e. The van der Waals surface area contributed by atoms with Crippen LogP contribution in [-0.2, 0) is 4.79 Å². The lowest BCUT2D eigenvalue weighted by molar-refractivity contribution is -0.150. The lowest BCUT2D eigenvalue weighted by Crippen LogP contribution is -2.30. The summed E-state index contributed by atoms with van der Waals surface area (Å²) in [5.41, 5.74) is -0.561. The second-order valence-corrected chi connectivity index (χ2v) is 8.88. The van der Waals surface area contributed by atoms with E-state index >= 15 is 0 Å². The van der Waals surface area contributed by atoms with E-state index in [0.717, 1.165) is 38.5 Å². The van der Waals surface area contributed by atoms with Crippen LogP contribution in [0.1, 0.15) is 142 Å². The van der Waals surface area contributed by atoms with Crippen LogP contribution in [0, 0.1) is 5.41 Å². The fourth-order valence-corrected chi connectivity index (χ4v) is 4.28. The summed E-state index contributed by atoms with van der Waals surface area (Å²) in [6, 6.07) is 0. The number of hydrogen-bond donors (Lipinski definition) is 1. The van der Waals surface area contributed by atoms with E-state index in [1.165, 1.54) is 83.5 Å². The van der Waals surface area contributed by atoms with E-state index in [9.17, 15) is 9.90 Å². The van der Waals surface area contributed by atoms with Gasteiger partial charge in [0.2, 0.25) is 0 Å². The Hall–Kier alpha value is -0.790. The third-order valence-corrected chi connectivity index (χ3v) is 6.26. The quantitative estimate of drug-likeness (QED) is 0.147. The molecule has 0 spiro atoms. The van der Waals surface area contributed by atoms with E-state index in [4.69, 9.17) is 0 Å². The topological polar surface area (TPSA) is 37.3 Å². The number of unbranched alkanes of at least 4 members (excludes halogenated alkanes) is 15. The molecule has 0 aliphatic heterocycles. The summed E-state index contributed by atoms with van der Waals surface area (Å²) in [4.78, 5) is 11.9. The number of rotatable bonds is 22. The minimum absolute atomic E-state index is 0.561. The van der Waals surface area contributed by atoms with Crippen molar-refractivity contribution in [2.75, 3.05) is 0 Å². The van der Waals surface area contributed by atoms with Gasteiger partial charge in [-0.1, -0.05) is 129 Å².